The third-order valence-corrected chi connectivity index (χ3v) is 3.27. The van der Waals surface area contributed by atoms with Crippen LogP contribution in [0.4, 0.5) is 5.69 Å². The first kappa shape index (κ1) is 17.3. The summed E-state index contributed by atoms with van der Waals surface area (Å²) in [7, 11) is 2.89. The van der Waals surface area contributed by atoms with Gasteiger partial charge in [-0.3, -0.25) is 0 Å². The lowest BCUT2D eigenvalue weighted by atomic mass is 10.1. The van der Waals surface area contributed by atoms with Crippen molar-refractivity contribution in [1.82, 2.24) is 0 Å². The molecule has 0 heterocycles. The number of anilines is 1. The molecule has 0 aliphatic rings. The first-order valence-corrected chi connectivity index (χ1v) is 7.33. The van der Waals surface area contributed by atoms with Crippen LogP contribution in [0.5, 0.6) is 5.75 Å². The molecule has 6 heteroatoms. The number of rotatable bonds is 6. The quantitative estimate of drug-likeness (QED) is 0.648. The van der Waals surface area contributed by atoms with Crippen molar-refractivity contribution in [2.45, 2.75) is 13.2 Å². The van der Waals surface area contributed by atoms with Gasteiger partial charge in [-0.2, -0.15) is 0 Å². The predicted octanol–water partition coefficient (Wildman–Crippen LogP) is 3.10. The predicted molar refractivity (Wildman–Crippen MR) is 89.3 cm³/mol. The van der Waals surface area contributed by atoms with Gasteiger partial charge in [-0.25, -0.2) is 9.59 Å². The van der Waals surface area contributed by atoms with Crippen molar-refractivity contribution in [3.63, 3.8) is 0 Å². The molecule has 2 aromatic rings. The number of nitrogens with one attached hydrogen (secondary N) is 1. The zero-order chi connectivity index (χ0) is 17.5. The molecule has 0 saturated heterocycles. The summed E-state index contributed by atoms with van der Waals surface area (Å²) >= 11 is 0. The lowest BCUT2D eigenvalue weighted by molar-refractivity contribution is 0.0392. The highest BCUT2D eigenvalue weighted by Gasteiger charge is 2.13. The Bertz CT molecular complexity index is 712. The highest BCUT2D eigenvalue weighted by molar-refractivity contribution is 5.93. The van der Waals surface area contributed by atoms with Gasteiger partial charge in [0.15, 0.2) is 6.23 Å². The number of ether oxygens (including phenoxy) is 3. The number of esters is 2. The van der Waals surface area contributed by atoms with E-state index in [2.05, 4.69) is 10.1 Å². The van der Waals surface area contributed by atoms with Gasteiger partial charge in [0.25, 0.3) is 0 Å². The lowest BCUT2D eigenvalue weighted by Gasteiger charge is -2.16. The molecular formula is C18H19NO5. The van der Waals surface area contributed by atoms with Crippen LogP contribution in [-0.2, 0) is 9.47 Å². The molecule has 0 fully saturated rings. The summed E-state index contributed by atoms with van der Waals surface area (Å²) < 4.78 is 15.1. The van der Waals surface area contributed by atoms with Gasteiger partial charge < -0.3 is 19.5 Å². The molecule has 0 bridgehead atoms. The second-order valence-corrected chi connectivity index (χ2v) is 4.99. The number of methoxy groups -OCH3 is 2. The molecular weight excluding hydrogens is 310 g/mol. The molecule has 0 spiro atoms. The Balaban J connectivity index is 1.96. The van der Waals surface area contributed by atoms with Gasteiger partial charge in [0, 0.05) is 11.8 Å². The van der Waals surface area contributed by atoms with E-state index >= 15 is 0 Å². The van der Waals surface area contributed by atoms with Crippen LogP contribution in [0.3, 0.4) is 0 Å². The number of carbonyl (C=O) groups is 2. The van der Waals surface area contributed by atoms with E-state index < -0.39 is 18.2 Å². The standard InChI is InChI=1S/C18H19NO5/c1-12(19-15-5-4-6-16(11-15)22-2)24-18(21)14-9-7-13(8-10-14)17(20)23-3/h4-12,19H,1-3H3. The summed E-state index contributed by atoms with van der Waals surface area (Å²) in [5.41, 5.74) is 1.49. The van der Waals surface area contributed by atoms with Crippen molar-refractivity contribution in [2.75, 3.05) is 19.5 Å². The summed E-state index contributed by atoms with van der Waals surface area (Å²) in [4.78, 5) is 23.5. The van der Waals surface area contributed by atoms with Crippen molar-refractivity contribution in [3.8, 4) is 5.75 Å². The highest BCUT2D eigenvalue weighted by atomic mass is 16.6. The third-order valence-electron chi connectivity index (χ3n) is 3.27. The average Bonchev–Trinajstić information content (AvgIpc) is 2.61. The van der Waals surface area contributed by atoms with Crippen LogP contribution >= 0.6 is 0 Å². The third kappa shape index (κ3) is 4.49. The van der Waals surface area contributed by atoms with Gasteiger partial charge in [0.2, 0.25) is 0 Å². The number of hydrogen-bond donors (Lipinski definition) is 1. The monoisotopic (exact) mass is 329 g/mol. The molecule has 1 unspecified atom stereocenters. The van der Waals surface area contributed by atoms with Gasteiger partial charge in [0.1, 0.15) is 5.75 Å². The average molecular weight is 329 g/mol. The summed E-state index contributed by atoms with van der Waals surface area (Å²) in [5.74, 6) is -0.241. The summed E-state index contributed by atoms with van der Waals surface area (Å²) in [6.45, 7) is 1.72. The van der Waals surface area contributed by atoms with E-state index in [0.717, 1.165) is 5.69 Å². The van der Waals surface area contributed by atoms with Crippen LogP contribution in [0.2, 0.25) is 0 Å². The highest BCUT2D eigenvalue weighted by Crippen LogP contribution is 2.18. The van der Waals surface area contributed by atoms with Crippen LogP contribution in [0, 0.1) is 0 Å². The minimum atomic E-state index is -0.537. The van der Waals surface area contributed by atoms with Gasteiger partial charge >= 0.3 is 11.9 Å². The Morgan fingerprint density at radius 2 is 1.58 bits per heavy atom. The molecule has 2 aromatic carbocycles. The van der Waals surface area contributed by atoms with Crippen LogP contribution < -0.4 is 10.1 Å². The van der Waals surface area contributed by atoms with Crippen LogP contribution in [0.25, 0.3) is 0 Å². The fraction of sp³-hybridized carbons (Fsp3) is 0.222. The summed E-state index contributed by atoms with van der Waals surface area (Å²) in [5, 5.41) is 3.06. The van der Waals surface area contributed by atoms with E-state index in [1.807, 2.05) is 18.2 Å². The van der Waals surface area contributed by atoms with E-state index in [-0.39, 0.29) is 0 Å². The van der Waals surface area contributed by atoms with E-state index in [4.69, 9.17) is 9.47 Å². The molecule has 0 saturated carbocycles. The second kappa shape index (κ2) is 8.01. The number of carbonyl (C=O) groups excluding carboxylic acids is 2. The maximum absolute atomic E-state index is 12.1. The molecule has 2 rings (SSSR count). The zero-order valence-electron chi connectivity index (χ0n) is 13.7. The molecule has 1 N–H and O–H groups in total. The van der Waals surface area contributed by atoms with Crippen molar-refractivity contribution in [3.05, 3.63) is 59.7 Å². The molecule has 0 aliphatic heterocycles. The Morgan fingerprint density at radius 3 is 2.17 bits per heavy atom. The Morgan fingerprint density at radius 1 is 0.958 bits per heavy atom. The largest absolute Gasteiger partial charge is 0.497 e. The topological polar surface area (TPSA) is 73.9 Å². The molecule has 1 atom stereocenters. The van der Waals surface area contributed by atoms with Crippen molar-refractivity contribution in [2.24, 2.45) is 0 Å². The zero-order valence-corrected chi connectivity index (χ0v) is 13.7. The van der Waals surface area contributed by atoms with E-state index in [9.17, 15) is 9.59 Å². The molecule has 0 aliphatic carbocycles. The SMILES string of the molecule is COC(=O)c1ccc(C(=O)OC(C)Nc2cccc(OC)c2)cc1. The first-order chi connectivity index (χ1) is 11.5. The molecule has 6 nitrogen and oxygen atoms in total. The minimum Gasteiger partial charge on any atom is -0.497 e. The normalized spacial score (nSPS) is 11.3. The van der Waals surface area contributed by atoms with Gasteiger partial charge in [-0.05, 0) is 43.3 Å². The Hall–Kier alpha value is -3.02. The minimum absolute atomic E-state index is 0.349. The van der Waals surface area contributed by atoms with Crippen LogP contribution in [0.15, 0.2) is 48.5 Å². The van der Waals surface area contributed by atoms with E-state index in [1.165, 1.54) is 31.4 Å². The first-order valence-electron chi connectivity index (χ1n) is 7.33. The molecule has 126 valence electrons. The summed E-state index contributed by atoms with van der Waals surface area (Å²) in [6, 6.07) is 13.4. The fourth-order valence-electron chi connectivity index (χ4n) is 2.07. The Labute approximate surface area is 140 Å². The number of hydrogen-bond acceptors (Lipinski definition) is 6. The number of benzene rings is 2. The van der Waals surface area contributed by atoms with Crippen molar-refractivity contribution >= 4 is 17.6 Å². The lowest BCUT2D eigenvalue weighted by Crippen LogP contribution is -2.23. The summed E-state index contributed by atoms with van der Waals surface area (Å²) in [6.07, 6.45) is -0.537. The van der Waals surface area contributed by atoms with E-state index in [1.54, 1.807) is 20.1 Å². The van der Waals surface area contributed by atoms with Crippen molar-refractivity contribution in [1.29, 1.82) is 0 Å². The molecule has 0 aromatic heterocycles. The fourth-order valence-corrected chi connectivity index (χ4v) is 2.07. The maximum atomic E-state index is 12.1. The maximum Gasteiger partial charge on any atom is 0.340 e. The molecule has 0 radical (unpaired) electrons. The molecule has 24 heavy (non-hydrogen) atoms. The van der Waals surface area contributed by atoms with Gasteiger partial charge in [0.05, 0.1) is 25.3 Å². The van der Waals surface area contributed by atoms with Crippen LogP contribution in [-0.4, -0.2) is 32.4 Å². The Kier molecular flexibility index (Phi) is 5.78. The van der Waals surface area contributed by atoms with Gasteiger partial charge in [-0.1, -0.05) is 6.07 Å². The van der Waals surface area contributed by atoms with E-state index in [0.29, 0.717) is 16.9 Å². The van der Waals surface area contributed by atoms with Crippen molar-refractivity contribution < 1.29 is 23.8 Å². The smallest absolute Gasteiger partial charge is 0.340 e. The second-order valence-electron chi connectivity index (χ2n) is 4.99. The van der Waals surface area contributed by atoms with Gasteiger partial charge in [-0.15, -0.1) is 0 Å². The molecule has 0 amide bonds. The van der Waals surface area contributed by atoms with Crippen LogP contribution in [0.1, 0.15) is 27.6 Å².